The summed E-state index contributed by atoms with van der Waals surface area (Å²) >= 11 is 6.11. The highest BCUT2D eigenvalue weighted by Crippen LogP contribution is 2.26. The number of urea groups is 1. The number of nitrogens with one attached hydrogen (secondary N) is 1. The van der Waals surface area contributed by atoms with Crippen molar-refractivity contribution in [2.24, 2.45) is 0 Å². The first-order valence-corrected chi connectivity index (χ1v) is 8.55. The van der Waals surface area contributed by atoms with Crippen molar-refractivity contribution in [3.05, 3.63) is 34.9 Å². The number of carbonyl (C=O) groups is 2. The fraction of sp³-hybridized carbons (Fsp3) is 0.529. The molecule has 0 spiro atoms. The average Bonchev–Trinajstić information content (AvgIpc) is 3.07. The second kappa shape index (κ2) is 8.89. The van der Waals surface area contributed by atoms with Gasteiger partial charge in [0, 0.05) is 25.2 Å². The zero-order valence-corrected chi connectivity index (χ0v) is 14.6. The van der Waals surface area contributed by atoms with Gasteiger partial charge in [-0.2, -0.15) is 0 Å². The van der Waals surface area contributed by atoms with E-state index in [2.05, 4.69) is 10.2 Å². The number of hydrogen-bond acceptors (Lipinski definition) is 3. The van der Waals surface area contributed by atoms with Crippen molar-refractivity contribution < 1.29 is 14.7 Å². The Labute approximate surface area is 147 Å². The molecule has 0 radical (unpaired) electrons. The van der Waals surface area contributed by atoms with E-state index >= 15 is 0 Å². The average molecular weight is 354 g/mol. The van der Waals surface area contributed by atoms with Gasteiger partial charge < -0.3 is 15.3 Å². The van der Waals surface area contributed by atoms with Crippen molar-refractivity contribution in [2.75, 3.05) is 33.2 Å². The Bertz CT molecular complexity index is 576. The first-order chi connectivity index (χ1) is 11.5. The third-order valence-corrected chi connectivity index (χ3v) is 4.50. The lowest BCUT2D eigenvalue weighted by atomic mass is 10.1. The highest BCUT2D eigenvalue weighted by atomic mass is 35.5. The van der Waals surface area contributed by atoms with Gasteiger partial charge in [0.2, 0.25) is 0 Å². The lowest BCUT2D eigenvalue weighted by Gasteiger charge is -2.29. The third-order valence-electron chi connectivity index (χ3n) is 4.27. The molecular weight excluding hydrogens is 330 g/mol. The van der Waals surface area contributed by atoms with Crippen LogP contribution in [0.15, 0.2) is 24.3 Å². The normalized spacial score (nSPS) is 15.9. The van der Waals surface area contributed by atoms with E-state index in [0.29, 0.717) is 11.6 Å². The molecule has 6 nitrogen and oxygen atoms in total. The van der Waals surface area contributed by atoms with Gasteiger partial charge in [0.05, 0.1) is 12.5 Å². The molecule has 1 saturated heterocycles. The van der Waals surface area contributed by atoms with E-state index in [1.807, 2.05) is 24.3 Å². The number of carboxylic acid groups (broad SMARTS) is 1. The van der Waals surface area contributed by atoms with E-state index in [1.165, 1.54) is 4.90 Å². The number of halogens is 1. The summed E-state index contributed by atoms with van der Waals surface area (Å²) in [5.74, 6) is -0.913. The van der Waals surface area contributed by atoms with E-state index in [4.69, 9.17) is 16.7 Å². The smallest absolute Gasteiger partial charge is 0.317 e. The van der Waals surface area contributed by atoms with E-state index in [0.717, 1.165) is 31.5 Å². The van der Waals surface area contributed by atoms with Gasteiger partial charge in [-0.15, -0.1) is 0 Å². The van der Waals surface area contributed by atoms with Crippen LogP contribution < -0.4 is 5.32 Å². The van der Waals surface area contributed by atoms with Crippen molar-refractivity contribution >= 4 is 23.6 Å². The molecule has 1 aliphatic heterocycles. The van der Waals surface area contributed by atoms with Crippen LogP contribution in [0.3, 0.4) is 0 Å². The topological polar surface area (TPSA) is 72.9 Å². The molecule has 0 bridgehead atoms. The van der Waals surface area contributed by atoms with Gasteiger partial charge in [0.1, 0.15) is 0 Å². The molecule has 0 aromatic heterocycles. The monoisotopic (exact) mass is 353 g/mol. The molecule has 0 aliphatic carbocycles. The van der Waals surface area contributed by atoms with Crippen LogP contribution in [0, 0.1) is 0 Å². The highest BCUT2D eigenvalue weighted by molar-refractivity contribution is 6.30. The molecule has 2 rings (SSSR count). The summed E-state index contributed by atoms with van der Waals surface area (Å²) < 4.78 is 0. The zero-order valence-electron chi connectivity index (χ0n) is 13.9. The number of aliphatic carboxylic acids is 1. The van der Waals surface area contributed by atoms with Crippen LogP contribution in [0.2, 0.25) is 5.02 Å². The molecule has 0 saturated carbocycles. The Kier molecular flexibility index (Phi) is 6.87. The number of benzene rings is 1. The summed E-state index contributed by atoms with van der Waals surface area (Å²) in [5, 5.41) is 12.3. The molecule has 1 fully saturated rings. The van der Waals surface area contributed by atoms with Gasteiger partial charge in [-0.3, -0.25) is 9.69 Å². The molecule has 1 aromatic rings. The summed E-state index contributed by atoms with van der Waals surface area (Å²) in [6.07, 6.45) is 2.25. The lowest BCUT2D eigenvalue weighted by molar-refractivity contribution is -0.137. The Morgan fingerprint density at radius 2 is 2.08 bits per heavy atom. The summed E-state index contributed by atoms with van der Waals surface area (Å²) in [5.41, 5.74) is 1.08. The molecule has 2 N–H and O–H groups in total. The zero-order chi connectivity index (χ0) is 17.5. The number of hydrogen-bond donors (Lipinski definition) is 2. The van der Waals surface area contributed by atoms with Gasteiger partial charge in [-0.05, 0) is 43.6 Å². The minimum Gasteiger partial charge on any atom is -0.481 e. The van der Waals surface area contributed by atoms with Crippen LogP contribution in [0.1, 0.15) is 30.9 Å². The lowest BCUT2D eigenvalue weighted by Crippen LogP contribution is -2.43. The molecule has 1 heterocycles. The largest absolute Gasteiger partial charge is 0.481 e. The van der Waals surface area contributed by atoms with E-state index < -0.39 is 5.97 Å². The predicted octanol–water partition coefficient (Wildman–Crippen LogP) is 2.59. The Balaban J connectivity index is 1.98. The van der Waals surface area contributed by atoms with Crippen LogP contribution >= 0.6 is 11.6 Å². The minimum atomic E-state index is -0.913. The number of likely N-dealkylation sites (tertiary alicyclic amines) is 1. The second-order valence-corrected chi connectivity index (χ2v) is 6.50. The van der Waals surface area contributed by atoms with Gasteiger partial charge >= 0.3 is 12.0 Å². The molecular formula is C17H24ClN3O3. The Hall–Kier alpha value is -1.79. The van der Waals surface area contributed by atoms with Crippen molar-refractivity contribution in [2.45, 2.75) is 25.3 Å². The van der Waals surface area contributed by atoms with Gasteiger partial charge in [-0.25, -0.2) is 4.79 Å². The van der Waals surface area contributed by atoms with Gasteiger partial charge in [0.25, 0.3) is 0 Å². The molecule has 132 valence electrons. The highest BCUT2D eigenvalue weighted by Gasteiger charge is 2.24. The van der Waals surface area contributed by atoms with Crippen LogP contribution in [0.5, 0.6) is 0 Å². The molecule has 1 aliphatic rings. The van der Waals surface area contributed by atoms with Crippen LogP contribution in [-0.2, 0) is 4.79 Å². The standard InChI is InChI=1S/C17H24ClN3O3/c1-20(10-7-16(22)23)17(24)19-12-15(21-8-2-3-9-21)13-5-4-6-14(18)11-13/h4-6,11,15H,2-3,7-10,12H2,1H3,(H,19,24)(H,22,23). The second-order valence-electron chi connectivity index (χ2n) is 6.07. The van der Waals surface area contributed by atoms with Crippen LogP contribution in [0.4, 0.5) is 4.79 Å². The summed E-state index contributed by atoms with van der Waals surface area (Å²) in [7, 11) is 1.60. The Morgan fingerprint density at radius 1 is 1.38 bits per heavy atom. The first kappa shape index (κ1) is 18.5. The van der Waals surface area contributed by atoms with Crippen molar-refractivity contribution in [1.82, 2.24) is 15.1 Å². The first-order valence-electron chi connectivity index (χ1n) is 8.17. The molecule has 1 aromatic carbocycles. The summed E-state index contributed by atoms with van der Waals surface area (Å²) in [6, 6.07) is 7.52. The van der Waals surface area contributed by atoms with Crippen LogP contribution in [-0.4, -0.2) is 60.1 Å². The number of amides is 2. The quantitative estimate of drug-likeness (QED) is 0.790. The van der Waals surface area contributed by atoms with E-state index in [1.54, 1.807) is 7.05 Å². The Morgan fingerprint density at radius 3 is 2.71 bits per heavy atom. The van der Waals surface area contributed by atoms with Crippen molar-refractivity contribution in [3.8, 4) is 0 Å². The predicted molar refractivity (Wildman–Crippen MR) is 93.3 cm³/mol. The number of nitrogens with zero attached hydrogens (tertiary/aromatic N) is 2. The fourth-order valence-corrected chi connectivity index (χ4v) is 3.11. The van der Waals surface area contributed by atoms with Gasteiger partial charge in [-0.1, -0.05) is 23.7 Å². The van der Waals surface area contributed by atoms with E-state index in [-0.39, 0.29) is 25.0 Å². The van der Waals surface area contributed by atoms with Crippen molar-refractivity contribution in [3.63, 3.8) is 0 Å². The summed E-state index contributed by atoms with van der Waals surface area (Å²) in [6.45, 7) is 2.66. The number of carboxylic acids is 1. The fourth-order valence-electron chi connectivity index (χ4n) is 2.91. The van der Waals surface area contributed by atoms with Gasteiger partial charge in [0.15, 0.2) is 0 Å². The third kappa shape index (κ3) is 5.39. The molecule has 1 unspecified atom stereocenters. The van der Waals surface area contributed by atoms with Crippen molar-refractivity contribution in [1.29, 1.82) is 0 Å². The minimum absolute atomic E-state index is 0.0617. The summed E-state index contributed by atoms with van der Waals surface area (Å²) in [4.78, 5) is 26.5. The molecule has 7 heteroatoms. The maximum absolute atomic E-state index is 12.2. The molecule has 2 amide bonds. The maximum atomic E-state index is 12.2. The SMILES string of the molecule is CN(CCC(=O)O)C(=O)NCC(c1cccc(Cl)c1)N1CCCC1. The maximum Gasteiger partial charge on any atom is 0.317 e. The molecule has 1 atom stereocenters. The molecule has 24 heavy (non-hydrogen) atoms. The van der Waals surface area contributed by atoms with E-state index in [9.17, 15) is 9.59 Å². The van der Waals surface area contributed by atoms with Crippen LogP contribution in [0.25, 0.3) is 0 Å². The number of carbonyl (C=O) groups excluding carboxylic acids is 1. The number of rotatable bonds is 7.